The number of rotatable bonds is 10. The number of nitro benzene ring substituents is 1. The van der Waals surface area contributed by atoms with Crippen LogP contribution in [0.15, 0.2) is 42.5 Å². The van der Waals surface area contributed by atoms with E-state index in [1.807, 2.05) is 0 Å². The lowest BCUT2D eigenvalue weighted by molar-refractivity contribution is -0.385. The van der Waals surface area contributed by atoms with Crippen molar-refractivity contribution >= 4 is 29.2 Å². The fourth-order valence-corrected chi connectivity index (χ4v) is 2.38. The van der Waals surface area contributed by atoms with Crippen LogP contribution in [0.4, 0.5) is 11.4 Å². The highest BCUT2D eigenvalue weighted by atomic mass is 16.6. The van der Waals surface area contributed by atoms with E-state index in [9.17, 15) is 24.5 Å². The molecule has 2 N–H and O–H groups in total. The number of para-hydroxylation sites is 1. The number of anilines is 1. The van der Waals surface area contributed by atoms with Crippen molar-refractivity contribution in [3.05, 3.63) is 58.1 Å². The highest BCUT2D eigenvalue weighted by Crippen LogP contribution is 2.32. The van der Waals surface area contributed by atoms with Crippen molar-refractivity contribution in [1.29, 1.82) is 0 Å². The number of aryl methyl sites for hydroxylation is 1. The van der Waals surface area contributed by atoms with Crippen molar-refractivity contribution in [1.82, 2.24) is 5.32 Å². The van der Waals surface area contributed by atoms with Crippen molar-refractivity contribution in [3.8, 4) is 11.5 Å². The van der Waals surface area contributed by atoms with Gasteiger partial charge in [-0.1, -0.05) is 18.2 Å². The van der Waals surface area contributed by atoms with Gasteiger partial charge in [0, 0.05) is 17.8 Å². The summed E-state index contributed by atoms with van der Waals surface area (Å²) in [5.41, 5.74) is 0.462. The minimum Gasteiger partial charge on any atom is -0.490 e. The normalized spacial score (nSPS) is 10.0. The van der Waals surface area contributed by atoms with Crippen molar-refractivity contribution in [3.63, 3.8) is 0 Å². The first kappa shape index (κ1) is 23.1. The molecule has 0 atom stereocenters. The van der Waals surface area contributed by atoms with Gasteiger partial charge < -0.3 is 24.8 Å². The Hall–Kier alpha value is -4.15. The van der Waals surface area contributed by atoms with Gasteiger partial charge in [0.1, 0.15) is 12.3 Å². The summed E-state index contributed by atoms with van der Waals surface area (Å²) >= 11 is 0. The molecule has 11 nitrogen and oxygen atoms in total. The number of nitrogens with zero attached hydrogens (tertiary/aromatic N) is 1. The molecule has 2 rings (SSSR count). The molecule has 0 saturated heterocycles. The van der Waals surface area contributed by atoms with Gasteiger partial charge in [0.2, 0.25) is 0 Å². The molecule has 0 bridgehead atoms. The molecule has 0 spiro atoms. The van der Waals surface area contributed by atoms with E-state index in [4.69, 9.17) is 14.2 Å². The van der Waals surface area contributed by atoms with Crippen LogP contribution in [0.5, 0.6) is 11.5 Å². The maximum Gasteiger partial charge on any atom is 0.325 e. The Morgan fingerprint density at radius 3 is 2.42 bits per heavy atom. The number of benzene rings is 2. The number of carbonyl (C=O) groups excluding carboxylic acids is 3. The van der Waals surface area contributed by atoms with E-state index in [0.29, 0.717) is 11.3 Å². The SMILES string of the molecule is COc1cc(NC(=O)COC(=O)CNC(=O)COc2ccccc2)c(C)cc1[N+](=O)[O-]. The van der Waals surface area contributed by atoms with E-state index in [2.05, 4.69) is 10.6 Å². The number of esters is 1. The summed E-state index contributed by atoms with van der Waals surface area (Å²) in [6.07, 6.45) is 0. The third kappa shape index (κ3) is 7.31. The summed E-state index contributed by atoms with van der Waals surface area (Å²) in [6, 6.07) is 11.2. The van der Waals surface area contributed by atoms with Crippen molar-refractivity contribution < 1.29 is 33.5 Å². The molecule has 2 aromatic rings. The lowest BCUT2D eigenvalue weighted by atomic mass is 10.1. The maximum absolute atomic E-state index is 12.0. The van der Waals surface area contributed by atoms with E-state index in [0.717, 1.165) is 0 Å². The molecule has 0 unspecified atom stereocenters. The zero-order chi connectivity index (χ0) is 22.8. The molecular formula is C20H21N3O8. The molecule has 0 heterocycles. The largest absolute Gasteiger partial charge is 0.490 e. The molecule has 2 aromatic carbocycles. The lowest BCUT2D eigenvalue weighted by Crippen LogP contribution is -2.35. The highest BCUT2D eigenvalue weighted by Gasteiger charge is 2.19. The van der Waals surface area contributed by atoms with Crippen LogP contribution in [-0.2, 0) is 19.1 Å². The second kappa shape index (κ2) is 11.1. The Kier molecular flexibility index (Phi) is 8.31. The molecule has 11 heteroatoms. The summed E-state index contributed by atoms with van der Waals surface area (Å²) in [7, 11) is 1.27. The van der Waals surface area contributed by atoms with Crippen molar-refractivity contribution in [2.45, 2.75) is 6.92 Å². The molecule has 0 radical (unpaired) electrons. The first-order chi connectivity index (χ1) is 14.8. The molecule has 0 aliphatic rings. The zero-order valence-corrected chi connectivity index (χ0v) is 16.9. The third-order valence-corrected chi connectivity index (χ3v) is 3.90. The van der Waals surface area contributed by atoms with Crippen LogP contribution in [0, 0.1) is 17.0 Å². The number of carbonyl (C=O) groups is 3. The minimum absolute atomic E-state index is 0.0247. The zero-order valence-electron chi connectivity index (χ0n) is 16.9. The summed E-state index contributed by atoms with van der Waals surface area (Å²) in [6.45, 7) is 0.253. The van der Waals surface area contributed by atoms with Gasteiger partial charge in [-0.25, -0.2) is 0 Å². The minimum atomic E-state index is -0.818. The number of amides is 2. The Balaban J connectivity index is 1.76. The van der Waals surface area contributed by atoms with Gasteiger partial charge in [-0.3, -0.25) is 24.5 Å². The molecular weight excluding hydrogens is 410 g/mol. The van der Waals surface area contributed by atoms with E-state index >= 15 is 0 Å². The van der Waals surface area contributed by atoms with Crippen LogP contribution in [0.2, 0.25) is 0 Å². The fourth-order valence-electron chi connectivity index (χ4n) is 2.38. The Morgan fingerprint density at radius 1 is 1.06 bits per heavy atom. The van der Waals surface area contributed by atoms with Crippen LogP contribution in [-0.4, -0.2) is 49.6 Å². The fraction of sp³-hybridized carbons (Fsp3) is 0.250. The van der Waals surface area contributed by atoms with Crippen molar-refractivity contribution in [2.75, 3.05) is 32.2 Å². The van der Waals surface area contributed by atoms with Gasteiger partial charge in [0.15, 0.2) is 19.0 Å². The first-order valence-corrected chi connectivity index (χ1v) is 9.03. The second-order valence-corrected chi connectivity index (χ2v) is 6.18. The summed E-state index contributed by atoms with van der Waals surface area (Å²) in [4.78, 5) is 45.8. The average molecular weight is 431 g/mol. The van der Waals surface area contributed by atoms with E-state index < -0.39 is 35.9 Å². The number of hydrogen-bond acceptors (Lipinski definition) is 8. The quantitative estimate of drug-likeness (QED) is 0.328. The van der Waals surface area contributed by atoms with Gasteiger partial charge in [0.05, 0.1) is 12.0 Å². The molecule has 31 heavy (non-hydrogen) atoms. The molecule has 2 amide bonds. The van der Waals surface area contributed by atoms with Crippen LogP contribution in [0.25, 0.3) is 0 Å². The van der Waals surface area contributed by atoms with Gasteiger partial charge in [0.25, 0.3) is 11.8 Å². The van der Waals surface area contributed by atoms with Gasteiger partial charge >= 0.3 is 11.7 Å². The smallest absolute Gasteiger partial charge is 0.325 e. The summed E-state index contributed by atoms with van der Waals surface area (Å²) in [5.74, 6) is -1.52. The molecule has 0 aliphatic heterocycles. The predicted octanol–water partition coefficient (Wildman–Crippen LogP) is 1.59. The number of hydrogen-bond donors (Lipinski definition) is 2. The van der Waals surface area contributed by atoms with E-state index in [1.54, 1.807) is 37.3 Å². The Morgan fingerprint density at radius 2 is 1.77 bits per heavy atom. The first-order valence-electron chi connectivity index (χ1n) is 9.03. The number of methoxy groups -OCH3 is 1. The number of nitrogens with one attached hydrogen (secondary N) is 2. The van der Waals surface area contributed by atoms with E-state index in [-0.39, 0.29) is 23.7 Å². The standard InChI is InChI=1S/C20H21N3O8/c1-13-8-16(23(27)28)17(29-2)9-15(13)22-19(25)12-31-20(26)10-21-18(24)11-30-14-6-4-3-5-7-14/h3-9H,10-12H2,1-2H3,(H,21,24)(H,22,25). The number of nitro groups is 1. The third-order valence-electron chi connectivity index (χ3n) is 3.90. The highest BCUT2D eigenvalue weighted by molar-refractivity contribution is 5.94. The molecule has 0 aromatic heterocycles. The monoisotopic (exact) mass is 431 g/mol. The molecule has 0 aliphatic carbocycles. The van der Waals surface area contributed by atoms with Crippen LogP contribution < -0.4 is 20.1 Å². The Bertz CT molecular complexity index is 962. The second-order valence-electron chi connectivity index (χ2n) is 6.18. The van der Waals surface area contributed by atoms with Crippen molar-refractivity contribution in [2.24, 2.45) is 0 Å². The van der Waals surface area contributed by atoms with Crippen LogP contribution >= 0.6 is 0 Å². The average Bonchev–Trinajstić information content (AvgIpc) is 2.76. The Labute approximate surface area is 177 Å². The molecule has 0 saturated carbocycles. The van der Waals surface area contributed by atoms with Gasteiger partial charge in [-0.05, 0) is 24.6 Å². The molecule has 164 valence electrons. The number of ether oxygens (including phenoxy) is 3. The molecule has 0 fully saturated rings. The van der Waals surface area contributed by atoms with Gasteiger partial charge in [-0.15, -0.1) is 0 Å². The van der Waals surface area contributed by atoms with Crippen LogP contribution in [0.3, 0.4) is 0 Å². The predicted molar refractivity (Wildman–Crippen MR) is 109 cm³/mol. The van der Waals surface area contributed by atoms with Gasteiger partial charge in [-0.2, -0.15) is 0 Å². The topological polar surface area (TPSA) is 146 Å². The maximum atomic E-state index is 12.0. The lowest BCUT2D eigenvalue weighted by Gasteiger charge is -2.11. The van der Waals surface area contributed by atoms with E-state index in [1.165, 1.54) is 19.2 Å². The summed E-state index contributed by atoms with van der Waals surface area (Å²) < 4.78 is 15.0. The summed E-state index contributed by atoms with van der Waals surface area (Å²) in [5, 5.41) is 15.8. The van der Waals surface area contributed by atoms with Crippen LogP contribution in [0.1, 0.15) is 5.56 Å².